The normalized spacial score (nSPS) is 23.6. The smallest absolute Gasteiger partial charge is 0.228 e. The number of likely N-dealkylation sites (N-methyl/N-ethyl adjacent to an activating group) is 1. The predicted molar refractivity (Wildman–Crippen MR) is 95.3 cm³/mol. The summed E-state index contributed by atoms with van der Waals surface area (Å²) in [5, 5.41) is 0. The summed E-state index contributed by atoms with van der Waals surface area (Å²) in [6, 6.07) is 12.7. The van der Waals surface area contributed by atoms with Crippen LogP contribution in [0, 0.1) is 13.8 Å². The number of nitrogens with zero attached hydrogens (tertiary/aromatic N) is 2. The van der Waals surface area contributed by atoms with E-state index >= 15 is 0 Å². The number of benzene rings is 2. The molecule has 0 fully saturated rings. The Morgan fingerprint density at radius 3 is 2.52 bits per heavy atom. The van der Waals surface area contributed by atoms with Gasteiger partial charge in [-0.2, -0.15) is 0 Å². The molecule has 1 unspecified atom stereocenters. The van der Waals surface area contributed by atoms with Crippen molar-refractivity contribution >= 4 is 17.6 Å². The molecule has 2 aromatic rings. The molecule has 2 heterocycles. The minimum Gasteiger partial charge on any atom is -0.459 e. The van der Waals surface area contributed by atoms with Crippen molar-refractivity contribution in [3.05, 3.63) is 53.1 Å². The predicted octanol–water partition coefficient (Wildman–Crippen LogP) is 4.52. The number of rotatable bonds is 0. The minimum absolute atomic E-state index is 0.199. The molecule has 0 aromatic heterocycles. The molecule has 118 valence electrons. The van der Waals surface area contributed by atoms with Gasteiger partial charge >= 0.3 is 0 Å². The summed E-state index contributed by atoms with van der Waals surface area (Å²) in [6.45, 7) is 8.69. The Bertz CT molecular complexity index is 838. The lowest BCUT2D eigenvalue weighted by Crippen LogP contribution is -2.61. The van der Waals surface area contributed by atoms with Crippen molar-refractivity contribution in [2.24, 2.45) is 4.99 Å². The average Bonchev–Trinajstić information content (AvgIpc) is 2.71. The van der Waals surface area contributed by atoms with Gasteiger partial charge < -0.3 is 9.64 Å². The number of para-hydroxylation sites is 1. The van der Waals surface area contributed by atoms with E-state index in [1.807, 2.05) is 12.3 Å². The largest absolute Gasteiger partial charge is 0.459 e. The Kier molecular flexibility index (Phi) is 2.72. The maximum atomic E-state index is 6.68. The van der Waals surface area contributed by atoms with Gasteiger partial charge in [-0.05, 0) is 56.5 Å². The lowest BCUT2D eigenvalue weighted by atomic mass is 9.77. The molecular formula is C20H22N2O. The van der Waals surface area contributed by atoms with Gasteiger partial charge in [0.2, 0.25) is 5.72 Å². The van der Waals surface area contributed by atoms with Gasteiger partial charge in [-0.3, -0.25) is 4.99 Å². The first kappa shape index (κ1) is 14.3. The number of fused-ring (bicyclic) bond motifs is 2. The van der Waals surface area contributed by atoms with E-state index in [2.05, 4.69) is 70.0 Å². The van der Waals surface area contributed by atoms with Gasteiger partial charge in [0, 0.05) is 12.7 Å². The summed E-state index contributed by atoms with van der Waals surface area (Å²) in [5.74, 6) is 0.903. The van der Waals surface area contributed by atoms with Crippen LogP contribution >= 0.6 is 0 Å². The van der Waals surface area contributed by atoms with Gasteiger partial charge in [0.1, 0.15) is 5.69 Å². The molecule has 3 heteroatoms. The topological polar surface area (TPSA) is 24.8 Å². The molecule has 0 bridgehead atoms. The second kappa shape index (κ2) is 4.38. The van der Waals surface area contributed by atoms with E-state index in [-0.39, 0.29) is 5.41 Å². The van der Waals surface area contributed by atoms with Crippen LogP contribution in [0.2, 0.25) is 0 Å². The molecule has 3 nitrogen and oxygen atoms in total. The van der Waals surface area contributed by atoms with Gasteiger partial charge in [-0.15, -0.1) is 0 Å². The van der Waals surface area contributed by atoms with Gasteiger partial charge in [0.15, 0.2) is 5.75 Å². The number of hydrogen-bond acceptors (Lipinski definition) is 3. The van der Waals surface area contributed by atoms with Gasteiger partial charge in [0.25, 0.3) is 0 Å². The number of aryl methyl sites for hydroxylation is 1. The Balaban J connectivity index is 1.93. The van der Waals surface area contributed by atoms with Crippen LogP contribution in [-0.2, 0) is 5.41 Å². The molecule has 0 aliphatic carbocycles. The summed E-state index contributed by atoms with van der Waals surface area (Å²) < 4.78 is 6.68. The quantitative estimate of drug-likeness (QED) is 0.715. The van der Waals surface area contributed by atoms with Crippen molar-refractivity contribution < 1.29 is 4.74 Å². The zero-order valence-electron chi connectivity index (χ0n) is 14.3. The number of ether oxygens (including phenoxy) is 1. The maximum absolute atomic E-state index is 6.68. The van der Waals surface area contributed by atoms with Gasteiger partial charge in [-0.1, -0.05) is 24.3 Å². The Morgan fingerprint density at radius 2 is 1.78 bits per heavy atom. The minimum atomic E-state index is -0.595. The van der Waals surface area contributed by atoms with Gasteiger partial charge in [0.05, 0.1) is 11.6 Å². The average molecular weight is 306 g/mol. The molecule has 0 N–H and O–H groups in total. The van der Waals surface area contributed by atoms with Crippen LogP contribution in [0.3, 0.4) is 0 Å². The second-order valence-corrected chi connectivity index (χ2v) is 7.11. The lowest BCUT2D eigenvalue weighted by molar-refractivity contribution is 0.0816. The van der Waals surface area contributed by atoms with Crippen LogP contribution in [0.4, 0.5) is 11.4 Å². The molecular weight excluding hydrogens is 284 g/mol. The first-order chi connectivity index (χ1) is 10.9. The Hall–Kier alpha value is -2.29. The van der Waals surface area contributed by atoms with Crippen LogP contribution in [0.1, 0.15) is 30.5 Å². The SMILES string of the molecule is Cc1ccc2c(c1C)OC1(C=N2)N(C)c2ccccc2C1(C)C. The molecule has 0 saturated heterocycles. The zero-order chi connectivity index (χ0) is 16.4. The van der Waals surface area contributed by atoms with Crippen molar-refractivity contribution in [3.63, 3.8) is 0 Å². The third-order valence-corrected chi connectivity index (χ3v) is 5.62. The molecule has 2 aliphatic rings. The fourth-order valence-electron chi connectivity index (χ4n) is 3.88. The highest BCUT2D eigenvalue weighted by Gasteiger charge is 2.58. The molecule has 1 atom stereocenters. The van der Waals surface area contributed by atoms with Crippen molar-refractivity contribution in [1.29, 1.82) is 0 Å². The summed E-state index contributed by atoms with van der Waals surface area (Å²) in [5.41, 5.74) is 5.02. The van der Waals surface area contributed by atoms with Crippen LogP contribution in [0.15, 0.2) is 41.4 Å². The van der Waals surface area contributed by atoms with E-state index in [9.17, 15) is 0 Å². The maximum Gasteiger partial charge on any atom is 0.228 e. The Labute approximate surface area is 137 Å². The van der Waals surface area contributed by atoms with Crippen molar-refractivity contribution in [2.45, 2.75) is 38.8 Å². The highest BCUT2D eigenvalue weighted by molar-refractivity contribution is 5.88. The first-order valence-corrected chi connectivity index (χ1v) is 8.06. The highest BCUT2D eigenvalue weighted by atomic mass is 16.5. The third-order valence-electron chi connectivity index (χ3n) is 5.62. The summed E-state index contributed by atoms with van der Waals surface area (Å²) in [7, 11) is 2.09. The third kappa shape index (κ3) is 1.62. The van der Waals surface area contributed by atoms with Crippen LogP contribution in [-0.4, -0.2) is 19.0 Å². The standard InChI is InChI=1S/C20H22N2O/c1-13-10-11-16-18(14(13)2)23-20(12-21-16)19(3,4)15-8-6-7-9-17(15)22(20)5/h6-12H,1-5H3. The molecule has 0 radical (unpaired) electrons. The molecule has 2 aromatic carbocycles. The van der Waals surface area contributed by atoms with E-state index < -0.39 is 5.72 Å². The molecule has 4 rings (SSSR count). The fraction of sp³-hybridized carbons (Fsp3) is 0.350. The zero-order valence-corrected chi connectivity index (χ0v) is 14.3. The number of aliphatic imine (C=N–C) groups is 1. The number of anilines is 1. The van der Waals surface area contributed by atoms with E-state index in [1.54, 1.807) is 0 Å². The van der Waals surface area contributed by atoms with Crippen molar-refractivity contribution in [1.82, 2.24) is 0 Å². The van der Waals surface area contributed by atoms with E-state index in [0.717, 1.165) is 11.4 Å². The van der Waals surface area contributed by atoms with Crippen LogP contribution in [0.25, 0.3) is 0 Å². The fourth-order valence-corrected chi connectivity index (χ4v) is 3.88. The van der Waals surface area contributed by atoms with Crippen LogP contribution < -0.4 is 9.64 Å². The monoisotopic (exact) mass is 306 g/mol. The molecule has 1 spiro atoms. The lowest BCUT2D eigenvalue weighted by Gasteiger charge is -2.45. The van der Waals surface area contributed by atoms with Gasteiger partial charge in [-0.25, -0.2) is 0 Å². The number of hydrogen-bond donors (Lipinski definition) is 0. The molecule has 23 heavy (non-hydrogen) atoms. The molecule has 2 aliphatic heterocycles. The Morgan fingerprint density at radius 1 is 1.04 bits per heavy atom. The first-order valence-electron chi connectivity index (χ1n) is 8.06. The van der Waals surface area contributed by atoms with Crippen LogP contribution in [0.5, 0.6) is 5.75 Å². The summed E-state index contributed by atoms with van der Waals surface area (Å²) >= 11 is 0. The van der Waals surface area contributed by atoms with E-state index in [4.69, 9.17) is 9.73 Å². The van der Waals surface area contributed by atoms with Crippen molar-refractivity contribution in [2.75, 3.05) is 11.9 Å². The van der Waals surface area contributed by atoms with Crippen molar-refractivity contribution in [3.8, 4) is 5.75 Å². The highest BCUT2D eigenvalue weighted by Crippen LogP contribution is 2.53. The van der Waals surface area contributed by atoms with E-state index in [1.165, 1.54) is 22.4 Å². The van der Waals surface area contributed by atoms with E-state index in [0.29, 0.717) is 0 Å². The summed E-state index contributed by atoms with van der Waals surface area (Å²) in [4.78, 5) is 6.99. The molecule has 0 amide bonds. The second-order valence-electron chi connectivity index (χ2n) is 7.11. The molecule has 0 saturated carbocycles. The summed E-state index contributed by atoms with van der Waals surface area (Å²) in [6.07, 6.45) is 1.98.